The monoisotopic (exact) mass is 365 g/mol. The summed E-state index contributed by atoms with van der Waals surface area (Å²) in [7, 11) is 0. The average molecular weight is 366 g/mol. The Hall–Kier alpha value is -2.69. The van der Waals surface area contributed by atoms with E-state index in [1.165, 1.54) is 0 Å². The summed E-state index contributed by atoms with van der Waals surface area (Å²) in [5.74, 6) is 0.498. The van der Waals surface area contributed by atoms with Crippen molar-refractivity contribution in [2.75, 3.05) is 0 Å². The van der Waals surface area contributed by atoms with Gasteiger partial charge in [-0.2, -0.15) is 0 Å². The van der Waals surface area contributed by atoms with E-state index in [-0.39, 0.29) is 6.10 Å². The number of nitrogens with zero attached hydrogens (tertiary/aromatic N) is 1. The number of aldehydes is 1. The molecule has 0 saturated heterocycles. The van der Waals surface area contributed by atoms with Gasteiger partial charge in [-0.15, -0.1) is 0 Å². The normalized spacial score (nSPS) is 15.5. The lowest BCUT2D eigenvalue weighted by molar-refractivity contribution is 0.0928. The molecule has 2 aromatic carbocycles. The van der Waals surface area contributed by atoms with Crippen LogP contribution in [0.2, 0.25) is 5.02 Å². The molecule has 0 N–H and O–H groups in total. The molecule has 1 aromatic heterocycles. The number of halogens is 1. The van der Waals surface area contributed by atoms with Crippen molar-refractivity contribution in [2.24, 2.45) is 0 Å². The van der Waals surface area contributed by atoms with Crippen molar-refractivity contribution in [1.29, 1.82) is 0 Å². The summed E-state index contributed by atoms with van der Waals surface area (Å²) in [5, 5.41) is 0.674. The number of aromatic nitrogens is 1. The first-order chi connectivity index (χ1) is 12.8. The van der Waals surface area contributed by atoms with Gasteiger partial charge in [0.25, 0.3) is 0 Å². The second-order valence-electron chi connectivity index (χ2n) is 6.04. The summed E-state index contributed by atoms with van der Waals surface area (Å²) in [6, 6.07) is 17.3. The van der Waals surface area contributed by atoms with E-state index in [0.29, 0.717) is 29.7 Å². The van der Waals surface area contributed by atoms with Crippen LogP contribution in [0.4, 0.5) is 0 Å². The molecule has 0 bridgehead atoms. The van der Waals surface area contributed by atoms with Gasteiger partial charge < -0.3 is 9.47 Å². The Kier molecular flexibility index (Phi) is 4.69. The van der Waals surface area contributed by atoms with Gasteiger partial charge in [0.2, 0.25) is 0 Å². The molecule has 0 spiro atoms. The van der Waals surface area contributed by atoms with Crippen LogP contribution in [-0.4, -0.2) is 11.3 Å². The van der Waals surface area contributed by atoms with Crippen LogP contribution in [0.5, 0.6) is 5.75 Å². The van der Waals surface area contributed by atoms with Crippen LogP contribution in [-0.2, 0) is 18.0 Å². The summed E-state index contributed by atoms with van der Waals surface area (Å²) in [6.07, 6.45) is 2.17. The summed E-state index contributed by atoms with van der Waals surface area (Å²) in [5.41, 5.74) is 4.09. The molecule has 1 atom stereocenters. The predicted octanol–water partition coefficient (Wildman–Crippen LogP) is 4.75. The molecule has 4 rings (SSSR count). The van der Waals surface area contributed by atoms with Gasteiger partial charge >= 0.3 is 0 Å². The fourth-order valence-electron chi connectivity index (χ4n) is 3.08. The van der Waals surface area contributed by atoms with Crippen molar-refractivity contribution < 1.29 is 14.3 Å². The molecular weight excluding hydrogens is 350 g/mol. The largest absolute Gasteiger partial charge is 0.486 e. The van der Waals surface area contributed by atoms with Gasteiger partial charge in [0.15, 0.2) is 12.0 Å². The van der Waals surface area contributed by atoms with Crippen molar-refractivity contribution in [2.45, 2.75) is 19.3 Å². The number of pyridine rings is 1. The molecule has 1 unspecified atom stereocenters. The molecule has 0 amide bonds. The number of fused-ring (bicyclic) bond motifs is 1. The maximum atomic E-state index is 11.4. The van der Waals surface area contributed by atoms with Gasteiger partial charge in [-0.05, 0) is 23.3 Å². The summed E-state index contributed by atoms with van der Waals surface area (Å²) < 4.78 is 11.9. The lowest BCUT2D eigenvalue weighted by atomic mass is 10.00. The fraction of sp³-hybridized carbons (Fsp3) is 0.143. The SMILES string of the molecule is O=Cc1ncc2c(c1OCc1ccccc1)COC2c1ccc(Cl)cc1. The van der Waals surface area contributed by atoms with E-state index in [2.05, 4.69) is 4.98 Å². The number of hydrogen-bond acceptors (Lipinski definition) is 4. The van der Waals surface area contributed by atoms with Crippen LogP contribution in [0.1, 0.15) is 38.8 Å². The topological polar surface area (TPSA) is 48.4 Å². The van der Waals surface area contributed by atoms with Crippen LogP contribution in [0, 0.1) is 0 Å². The molecule has 0 radical (unpaired) electrons. The number of ether oxygens (including phenoxy) is 2. The lowest BCUT2D eigenvalue weighted by Crippen LogP contribution is -2.05. The van der Waals surface area contributed by atoms with E-state index in [9.17, 15) is 4.79 Å². The van der Waals surface area contributed by atoms with Gasteiger partial charge in [-0.25, -0.2) is 4.98 Å². The van der Waals surface area contributed by atoms with E-state index in [4.69, 9.17) is 21.1 Å². The number of rotatable bonds is 5. The van der Waals surface area contributed by atoms with Crippen LogP contribution >= 0.6 is 11.6 Å². The van der Waals surface area contributed by atoms with Gasteiger partial charge in [0.05, 0.1) is 6.61 Å². The number of carbonyl (C=O) groups excluding carboxylic acids is 1. The number of carbonyl (C=O) groups is 1. The highest BCUT2D eigenvalue weighted by molar-refractivity contribution is 6.30. The van der Waals surface area contributed by atoms with E-state index >= 15 is 0 Å². The highest BCUT2D eigenvalue weighted by atomic mass is 35.5. The van der Waals surface area contributed by atoms with E-state index < -0.39 is 0 Å². The Morgan fingerprint density at radius 1 is 1.15 bits per heavy atom. The van der Waals surface area contributed by atoms with Gasteiger partial charge in [0.1, 0.15) is 18.4 Å². The first kappa shape index (κ1) is 16.8. The summed E-state index contributed by atoms with van der Waals surface area (Å²) in [4.78, 5) is 15.7. The smallest absolute Gasteiger partial charge is 0.172 e. The molecule has 3 aromatic rings. The maximum Gasteiger partial charge on any atom is 0.172 e. The highest BCUT2D eigenvalue weighted by Crippen LogP contribution is 2.41. The van der Waals surface area contributed by atoms with Crippen LogP contribution in [0.3, 0.4) is 0 Å². The third-order valence-corrected chi connectivity index (χ3v) is 4.64. The molecule has 1 aliphatic rings. The Labute approximate surface area is 156 Å². The Morgan fingerprint density at radius 2 is 1.92 bits per heavy atom. The minimum atomic E-state index is -0.241. The lowest BCUT2D eigenvalue weighted by Gasteiger charge is -2.14. The Balaban J connectivity index is 1.67. The highest BCUT2D eigenvalue weighted by Gasteiger charge is 2.30. The van der Waals surface area contributed by atoms with E-state index in [1.54, 1.807) is 6.20 Å². The van der Waals surface area contributed by atoms with Gasteiger partial charge in [0, 0.05) is 22.3 Å². The molecule has 4 nitrogen and oxygen atoms in total. The Morgan fingerprint density at radius 3 is 2.65 bits per heavy atom. The summed E-state index contributed by atoms with van der Waals surface area (Å²) >= 11 is 5.97. The predicted molar refractivity (Wildman–Crippen MR) is 98.5 cm³/mol. The zero-order valence-corrected chi connectivity index (χ0v) is 14.6. The van der Waals surface area contributed by atoms with Crippen molar-refractivity contribution in [3.8, 4) is 5.75 Å². The average Bonchev–Trinajstić information content (AvgIpc) is 3.11. The second kappa shape index (κ2) is 7.28. The zero-order valence-electron chi connectivity index (χ0n) is 13.9. The molecule has 1 aliphatic heterocycles. The number of benzene rings is 2. The standard InChI is InChI=1S/C21H16ClNO3/c22-16-8-6-15(7-9-16)20-17-10-23-19(11-24)21(18(17)13-26-20)25-12-14-4-2-1-3-5-14/h1-11,20H,12-13H2. The van der Waals surface area contributed by atoms with Crippen LogP contribution in [0.25, 0.3) is 0 Å². The molecule has 2 heterocycles. The number of hydrogen-bond donors (Lipinski definition) is 0. The Bertz CT molecular complexity index is 926. The van der Waals surface area contributed by atoms with Crippen molar-refractivity contribution in [3.63, 3.8) is 0 Å². The van der Waals surface area contributed by atoms with Crippen molar-refractivity contribution in [1.82, 2.24) is 4.98 Å². The maximum absolute atomic E-state index is 11.4. The van der Waals surface area contributed by atoms with Crippen LogP contribution < -0.4 is 4.74 Å². The molecule has 5 heteroatoms. The quantitative estimate of drug-likeness (QED) is 0.612. The third-order valence-electron chi connectivity index (χ3n) is 4.39. The fourth-order valence-corrected chi connectivity index (χ4v) is 3.21. The molecule has 0 aliphatic carbocycles. The molecule has 0 saturated carbocycles. The van der Waals surface area contributed by atoms with Crippen molar-refractivity contribution in [3.05, 3.63) is 93.8 Å². The second-order valence-corrected chi connectivity index (χ2v) is 6.48. The van der Waals surface area contributed by atoms with Crippen molar-refractivity contribution >= 4 is 17.9 Å². The molecule has 0 fully saturated rings. The van der Waals surface area contributed by atoms with Gasteiger partial charge in [-0.1, -0.05) is 54.1 Å². The molecule has 26 heavy (non-hydrogen) atoms. The molecular formula is C21H16ClNO3. The first-order valence-electron chi connectivity index (χ1n) is 8.27. The first-order valence-corrected chi connectivity index (χ1v) is 8.65. The van der Waals surface area contributed by atoms with Crippen LogP contribution in [0.15, 0.2) is 60.8 Å². The van der Waals surface area contributed by atoms with E-state index in [0.717, 1.165) is 28.5 Å². The zero-order chi connectivity index (χ0) is 17.9. The van der Waals surface area contributed by atoms with Gasteiger partial charge in [-0.3, -0.25) is 4.79 Å². The minimum absolute atomic E-state index is 0.241. The minimum Gasteiger partial charge on any atom is -0.486 e. The summed E-state index contributed by atoms with van der Waals surface area (Å²) in [6.45, 7) is 0.738. The molecule has 130 valence electrons. The third kappa shape index (κ3) is 3.21. The van der Waals surface area contributed by atoms with E-state index in [1.807, 2.05) is 54.6 Å².